The van der Waals surface area contributed by atoms with E-state index in [1.807, 2.05) is 0 Å². The summed E-state index contributed by atoms with van der Waals surface area (Å²) >= 11 is 0. The Labute approximate surface area is 99.0 Å². The van der Waals surface area contributed by atoms with Gasteiger partial charge in [-0.25, -0.2) is 4.79 Å². The largest absolute Gasteiger partial charge is 0.477 e. The zero-order valence-corrected chi connectivity index (χ0v) is 10.0. The van der Waals surface area contributed by atoms with Gasteiger partial charge in [0.25, 0.3) is 0 Å². The van der Waals surface area contributed by atoms with Gasteiger partial charge in [0, 0.05) is 0 Å². The SMILES string of the molecule is CC(C)(C)OC(=O)CNc1ccc(C(=O)O)[nH]1. The molecule has 17 heavy (non-hydrogen) atoms. The molecule has 0 fully saturated rings. The Bertz CT molecular complexity index is 417. The minimum Gasteiger partial charge on any atom is -0.477 e. The highest BCUT2D eigenvalue weighted by molar-refractivity contribution is 5.86. The van der Waals surface area contributed by atoms with Crippen molar-refractivity contribution in [2.45, 2.75) is 26.4 Å². The number of ether oxygens (including phenoxy) is 1. The molecule has 0 radical (unpaired) electrons. The lowest BCUT2D eigenvalue weighted by atomic mass is 10.2. The minimum absolute atomic E-state index is 0.0170. The highest BCUT2D eigenvalue weighted by Gasteiger charge is 2.16. The van der Waals surface area contributed by atoms with E-state index in [9.17, 15) is 9.59 Å². The third kappa shape index (κ3) is 4.58. The van der Waals surface area contributed by atoms with Gasteiger partial charge in [-0.3, -0.25) is 4.79 Å². The second kappa shape index (κ2) is 4.90. The van der Waals surface area contributed by atoms with Gasteiger partial charge in [-0.1, -0.05) is 0 Å². The molecule has 0 saturated carbocycles. The van der Waals surface area contributed by atoms with Gasteiger partial charge in [-0.2, -0.15) is 0 Å². The van der Waals surface area contributed by atoms with E-state index in [1.54, 1.807) is 26.8 Å². The van der Waals surface area contributed by atoms with Gasteiger partial charge >= 0.3 is 11.9 Å². The number of carbonyl (C=O) groups excluding carboxylic acids is 1. The maximum Gasteiger partial charge on any atom is 0.352 e. The molecule has 0 saturated heterocycles. The molecule has 0 aliphatic rings. The number of hydrogen-bond acceptors (Lipinski definition) is 4. The summed E-state index contributed by atoms with van der Waals surface area (Å²) < 4.78 is 5.08. The number of esters is 1. The second-order valence-corrected chi connectivity index (χ2v) is 4.53. The van der Waals surface area contributed by atoms with Crippen LogP contribution in [0.4, 0.5) is 5.82 Å². The van der Waals surface area contributed by atoms with Crippen molar-refractivity contribution in [3.8, 4) is 0 Å². The number of aromatic carboxylic acids is 1. The Morgan fingerprint density at radius 3 is 2.53 bits per heavy atom. The topological polar surface area (TPSA) is 91.4 Å². The van der Waals surface area contributed by atoms with Crippen LogP contribution in [0.25, 0.3) is 0 Å². The van der Waals surface area contributed by atoms with E-state index >= 15 is 0 Å². The van der Waals surface area contributed by atoms with E-state index in [4.69, 9.17) is 9.84 Å². The zero-order chi connectivity index (χ0) is 13.1. The van der Waals surface area contributed by atoms with Crippen molar-refractivity contribution in [1.29, 1.82) is 0 Å². The first-order chi connectivity index (χ1) is 7.78. The number of nitrogens with one attached hydrogen (secondary N) is 2. The van der Waals surface area contributed by atoms with Crippen LogP contribution in [-0.4, -0.2) is 34.2 Å². The number of anilines is 1. The first kappa shape index (κ1) is 13.1. The molecule has 0 aliphatic carbocycles. The fourth-order valence-corrected chi connectivity index (χ4v) is 1.17. The Hall–Kier alpha value is -1.98. The van der Waals surface area contributed by atoms with Crippen molar-refractivity contribution in [1.82, 2.24) is 4.98 Å². The van der Waals surface area contributed by atoms with Gasteiger partial charge in [0.2, 0.25) is 0 Å². The standard InChI is InChI=1S/C11H16N2O4/c1-11(2,3)17-9(14)6-12-8-5-4-7(13-8)10(15)16/h4-5,12-13H,6H2,1-3H3,(H,15,16). The fraction of sp³-hybridized carbons (Fsp3) is 0.455. The lowest BCUT2D eigenvalue weighted by Gasteiger charge is -2.19. The van der Waals surface area contributed by atoms with Crippen LogP contribution in [0.1, 0.15) is 31.3 Å². The van der Waals surface area contributed by atoms with Crippen LogP contribution in [0, 0.1) is 0 Å². The monoisotopic (exact) mass is 240 g/mol. The summed E-state index contributed by atoms with van der Waals surface area (Å²) in [6.45, 7) is 5.32. The molecular formula is C11H16N2O4. The Balaban J connectivity index is 2.45. The van der Waals surface area contributed by atoms with Crippen molar-refractivity contribution >= 4 is 17.8 Å². The predicted molar refractivity (Wildman–Crippen MR) is 62.1 cm³/mol. The van der Waals surface area contributed by atoms with E-state index in [2.05, 4.69) is 10.3 Å². The third-order valence-electron chi connectivity index (χ3n) is 1.76. The highest BCUT2D eigenvalue weighted by atomic mass is 16.6. The van der Waals surface area contributed by atoms with Gasteiger partial charge in [-0.05, 0) is 32.9 Å². The van der Waals surface area contributed by atoms with E-state index < -0.39 is 17.5 Å². The molecule has 0 atom stereocenters. The van der Waals surface area contributed by atoms with Gasteiger partial charge < -0.3 is 20.1 Å². The number of carboxylic acid groups (broad SMARTS) is 1. The van der Waals surface area contributed by atoms with Gasteiger partial charge in [0.1, 0.15) is 23.7 Å². The van der Waals surface area contributed by atoms with Crippen molar-refractivity contribution < 1.29 is 19.4 Å². The molecule has 0 aliphatic heterocycles. The van der Waals surface area contributed by atoms with Crippen LogP contribution in [0.2, 0.25) is 0 Å². The van der Waals surface area contributed by atoms with Crippen LogP contribution < -0.4 is 5.32 Å². The van der Waals surface area contributed by atoms with E-state index in [-0.39, 0.29) is 12.2 Å². The zero-order valence-electron chi connectivity index (χ0n) is 10.0. The third-order valence-corrected chi connectivity index (χ3v) is 1.76. The average Bonchev–Trinajstić information content (AvgIpc) is 2.60. The van der Waals surface area contributed by atoms with Crippen LogP contribution in [0.5, 0.6) is 0 Å². The maximum absolute atomic E-state index is 11.4. The molecule has 1 heterocycles. The molecule has 94 valence electrons. The summed E-state index contributed by atoms with van der Waals surface area (Å²) in [6, 6.07) is 2.97. The number of carboxylic acids is 1. The summed E-state index contributed by atoms with van der Waals surface area (Å²) in [5, 5.41) is 11.4. The van der Waals surface area contributed by atoms with E-state index in [0.29, 0.717) is 5.82 Å². The highest BCUT2D eigenvalue weighted by Crippen LogP contribution is 2.09. The van der Waals surface area contributed by atoms with Gasteiger partial charge in [0.15, 0.2) is 0 Å². The summed E-state index contributed by atoms with van der Waals surface area (Å²) in [5.41, 5.74) is -0.461. The quantitative estimate of drug-likeness (QED) is 0.693. The number of aromatic amines is 1. The maximum atomic E-state index is 11.4. The smallest absolute Gasteiger partial charge is 0.352 e. The molecule has 1 aromatic heterocycles. The first-order valence-corrected chi connectivity index (χ1v) is 5.16. The Morgan fingerprint density at radius 1 is 1.41 bits per heavy atom. The minimum atomic E-state index is -1.05. The molecule has 3 N–H and O–H groups in total. The molecule has 0 spiro atoms. The molecule has 0 aromatic carbocycles. The van der Waals surface area contributed by atoms with Crippen LogP contribution >= 0.6 is 0 Å². The summed E-state index contributed by atoms with van der Waals surface area (Å²) in [7, 11) is 0. The van der Waals surface area contributed by atoms with Gasteiger partial charge in [0.05, 0.1) is 0 Å². The molecular weight excluding hydrogens is 224 g/mol. The number of rotatable bonds is 4. The number of hydrogen-bond donors (Lipinski definition) is 3. The molecule has 1 aromatic rings. The van der Waals surface area contributed by atoms with E-state index in [1.165, 1.54) is 6.07 Å². The predicted octanol–water partition coefficient (Wildman–Crippen LogP) is 1.47. The average molecular weight is 240 g/mol. The van der Waals surface area contributed by atoms with Crippen molar-refractivity contribution in [2.24, 2.45) is 0 Å². The second-order valence-electron chi connectivity index (χ2n) is 4.53. The van der Waals surface area contributed by atoms with Crippen LogP contribution in [0.3, 0.4) is 0 Å². The molecule has 6 heteroatoms. The van der Waals surface area contributed by atoms with Crippen LogP contribution in [-0.2, 0) is 9.53 Å². The molecule has 6 nitrogen and oxygen atoms in total. The molecule has 0 bridgehead atoms. The number of H-pyrrole nitrogens is 1. The van der Waals surface area contributed by atoms with Crippen molar-refractivity contribution in [3.63, 3.8) is 0 Å². The van der Waals surface area contributed by atoms with Gasteiger partial charge in [-0.15, -0.1) is 0 Å². The number of carbonyl (C=O) groups is 2. The van der Waals surface area contributed by atoms with Crippen molar-refractivity contribution in [3.05, 3.63) is 17.8 Å². The Morgan fingerprint density at radius 2 is 2.06 bits per heavy atom. The Kier molecular flexibility index (Phi) is 3.77. The molecule has 1 rings (SSSR count). The molecule has 0 unspecified atom stereocenters. The first-order valence-electron chi connectivity index (χ1n) is 5.16. The summed E-state index contributed by atoms with van der Waals surface area (Å²) in [5.74, 6) is -0.979. The normalized spacial score (nSPS) is 11.0. The van der Waals surface area contributed by atoms with E-state index in [0.717, 1.165) is 0 Å². The van der Waals surface area contributed by atoms with Crippen LogP contribution in [0.15, 0.2) is 12.1 Å². The lowest BCUT2D eigenvalue weighted by Crippen LogP contribution is -2.28. The fourth-order valence-electron chi connectivity index (χ4n) is 1.17. The van der Waals surface area contributed by atoms with Crippen molar-refractivity contribution in [2.75, 3.05) is 11.9 Å². The number of aromatic nitrogens is 1. The molecule has 0 amide bonds. The summed E-state index contributed by atoms with van der Waals surface area (Å²) in [6.07, 6.45) is 0. The lowest BCUT2D eigenvalue weighted by molar-refractivity contribution is -0.152. The summed E-state index contributed by atoms with van der Waals surface area (Å²) in [4.78, 5) is 24.6.